The molecular weight excluding hydrogens is 275 g/mol. The first-order valence-corrected chi connectivity index (χ1v) is 6.46. The monoisotopic (exact) mass is 290 g/mol. The lowest BCUT2D eigenvalue weighted by molar-refractivity contribution is -0.132. The average molecular weight is 290 g/mol. The van der Waals surface area contributed by atoms with Gasteiger partial charge in [-0.3, -0.25) is 4.79 Å². The van der Waals surface area contributed by atoms with Crippen LogP contribution in [0.5, 0.6) is 0 Å². The van der Waals surface area contributed by atoms with Crippen LogP contribution in [0.15, 0.2) is 0 Å². The number of carbonyl (C=O) groups is 1. The summed E-state index contributed by atoms with van der Waals surface area (Å²) in [4.78, 5) is 11.7. The maximum atomic E-state index is 11.7. The lowest BCUT2D eigenvalue weighted by atomic mass is 9.50. The summed E-state index contributed by atoms with van der Waals surface area (Å²) in [6.45, 7) is 0. The molecule has 72 valence electrons. The zero-order chi connectivity index (χ0) is 9.05. The summed E-state index contributed by atoms with van der Waals surface area (Å²) in [5.74, 6) is 2.72. The van der Waals surface area contributed by atoms with Gasteiger partial charge in [-0.15, -0.1) is 0 Å². The van der Waals surface area contributed by atoms with E-state index in [1.807, 2.05) is 0 Å². The van der Waals surface area contributed by atoms with Crippen LogP contribution >= 0.6 is 22.6 Å². The lowest BCUT2D eigenvalue weighted by Crippen LogP contribution is -2.48. The van der Waals surface area contributed by atoms with Gasteiger partial charge in [-0.05, 0) is 56.3 Å². The van der Waals surface area contributed by atoms with Gasteiger partial charge in [0.15, 0.2) is 3.79 Å². The fraction of sp³-hybridized carbons (Fsp3) is 0.909. The molecular formula is C11H15IO. The maximum absolute atomic E-state index is 11.7. The first kappa shape index (κ1) is 8.69. The fourth-order valence-electron chi connectivity index (χ4n) is 4.35. The molecule has 0 spiro atoms. The molecule has 4 fully saturated rings. The van der Waals surface area contributed by atoms with Crippen LogP contribution in [0.3, 0.4) is 0 Å². The third-order valence-electron chi connectivity index (χ3n) is 4.46. The molecule has 0 amide bonds. The van der Waals surface area contributed by atoms with Crippen molar-refractivity contribution in [3.05, 3.63) is 0 Å². The molecule has 0 N–H and O–H groups in total. The molecule has 4 rings (SSSR count). The molecule has 0 atom stereocenters. The third kappa shape index (κ3) is 1.20. The number of rotatable bonds is 1. The normalized spacial score (nSPS) is 52.5. The number of hydrogen-bond acceptors (Lipinski definition) is 1. The van der Waals surface area contributed by atoms with E-state index in [0.717, 1.165) is 17.8 Å². The Morgan fingerprint density at radius 2 is 1.38 bits per heavy atom. The quantitative estimate of drug-likeness (QED) is 0.535. The van der Waals surface area contributed by atoms with Crippen molar-refractivity contribution in [2.75, 3.05) is 0 Å². The smallest absolute Gasteiger partial charge is 0.198 e. The van der Waals surface area contributed by atoms with E-state index in [1.165, 1.54) is 38.5 Å². The van der Waals surface area contributed by atoms with Crippen LogP contribution in [0.25, 0.3) is 0 Å². The highest BCUT2D eigenvalue weighted by molar-refractivity contribution is 14.1. The summed E-state index contributed by atoms with van der Waals surface area (Å²) < 4.78 is 0.462. The Morgan fingerprint density at radius 1 is 1.00 bits per heavy atom. The molecule has 0 aliphatic heterocycles. The van der Waals surface area contributed by atoms with Crippen LogP contribution in [-0.4, -0.2) is 3.79 Å². The second kappa shape index (κ2) is 2.71. The molecule has 0 aromatic heterocycles. The van der Waals surface area contributed by atoms with Crippen molar-refractivity contribution in [1.29, 1.82) is 0 Å². The fourth-order valence-corrected chi connectivity index (χ4v) is 5.01. The van der Waals surface area contributed by atoms with Crippen molar-refractivity contribution in [3.63, 3.8) is 0 Å². The Balaban J connectivity index is 1.95. The van der Waals surface area contributed by atoms with Gasteiger partial charge in [0.25, 0.3) is 0 Å². The molecule has 4 saturated carbocycles. The van der Waals surface area contributed by atoms with Crippen molar-refractivity contribution in [1.82, 2.24) is 0 Å². The predicted octanol–water partition coefficient (Wildman–Crippen LogP) is 3.16. The Morgan fingerprint density at radius 3 is 1.69 bits per heavy atom. The Hall–Kier alpha value is 0.400. The van der Waals surface area contributed by atoms with Gasteiger partial charge in [-0.25, -0.2) is 0 Å². The molecule has 0 unspecified atom stereocenters. The van der Waals surface area contributed by atoms with E-state index < -0.39 is 0 Å². The van der Waals surface area contributed by atoms with Crippen LogP contribution in [0.2, 0.25) is 0 Å². The minimum absolute atomic E-state index is 0.148. The standard InChI is InChI=1S/C11H15IO/c12-10(13)11-4-7-1-8(5-11)3-9(2-7)6-11/h7-9H,1-6H2. The molecule has 0 saturated heterocycles. The summed E-state index contributed by atoms with van der Waals surface area (Å²) in [7, 11) is 0. The van der Waals surface area contributed by atoms with Gasteiger partial charge in [-0.1, -0.05) is 0 Å². The largest absolute Gasteiger partial charge is 0.287 e. The first-order chi connectivity index (χ1) is 6.18. The second-order valence-electron chi connectivity index (χ2n) is 5.47. The van der Waals surface area contributed by atoms with E-state index in [1.54, 1.807) is 0 Å². The van der Waals surface area contributed by atoms with Crippen molar-refractivity contribution < 1.29 is 4.79 Å². The Bertz CT molecular complexity index is 224. The minimum Gasteiger partial charge on any atom is -0.287 e. The summed E-state index contributed by atoms with van der Waals surface area (Å²) in [6, 6.07) is 0. The minimum atomic E-state index is 0.148. The molecule has 0 aromatic carbocycles. The highest BCUT2D eigenvalue weighted by atomic mass is 127. The molecule has 2 heteroatoms. The second-order valence-corrected chi connectivity index (χ2v) is 6.45. The zero-order valence-corrected chi connectivity index (χ0v) is 9.92. The molecule has 1 nitrogen and oxygen atoms in total. The summed E-state index contributed by atoms with van der Waals surface area (Å²) >= 11 is 2.05. The van der Waals surface area contributed by atoms with Crippen LogP contribution in [0.1, 0.15) is 38.5 Å². The van der Waals surface area contributed by atoms with E-state index in [-0.39, 0.29) is 5.41 Å². The molecule has 0 aromatic rings. The summed E-state index contributed by atoms with van der Waals surface area (Å²) in [5, 5.41) is 0. The van der Waals surface area contributed by atoms with Crippen molar-refractivity contribution in [2.24, 2.45) is 23.2 Å². The van der Waals surface area contributed by atoms with Crippen LogP contribution in [-0.2, 0) is 4.79 Å². The van der Waals surface area contributed by atoms with Gasteiger partial charge in [0, 0.05) is 28.0 Å². The van der Waals surface area contributed by atoms with Crippen molar-refractivity contribution in [2.45, 2.75) is 38.5 Å². The average Bonchev–Trinajstić information content (AvgIpc) is 2.00. The van der Waals surface area contributed by atoms with E-state index in [0.29, 0.717) is 3.79 Å². The lowest BCUT2D eigenvalue weighted by Gasteiger charge is -2.55. The van der Waals surface area contributed by atoms with Crippen molar-refractivity contribution >= 4 is 26.4 Å². The van der Waals surface area contributed by atoms with Gasteiger partial charge in [0.05, 0.1) is 0 Å². The van der Waals surface area contributed by atoms with E-state index in [2.05, 4.69) is 22.6 Å². The highest BCUT2D eigenvalue weighted by Gasteiger charge is 2.53. The molecule has 0 heterocycles. The van der Waals surface area contributed by atoms with Crippen molar-refractivity contribution in [3.8, 4) is 0 Å². The summed E-state index contributed by atoms with van der Waals surface area (Å²) in [6.07, 6.45) is 7.97. The van der Waals surface area contributed by atoms with Gasteiger partial charge >= 0.3 is 0 Å². The number of hydrogen-bond donors (Lipinski definition) is 0. The van der Waals surface area contributed by atoms with Crippen LogP contribution in [0, 0.1) is 23.2 Å². The molecule has 4 aliphatic rings. The first-order valence-electron chi connectivity index (χ1n) is 5.38. The van der Waals surface area contributed by atoms with Gasteiger partial charge in [-0.2, -0.15) is 0 Å². The molecule has 4 aliphatic carbocycles. The third-order valence-corrected chi connectivity index (χ3v) is 5.60. The Labute approximate surface area is 92.8 Å². The summed E-state index contributed by atoms with van der Waals surface area (Å²) in [5.41, 5.74) is 0.148. The van der Waals surface area contributed by atoms with Gasteiger partial charge in [0.1, 0.15) is 0 Å². The van der Waals surface area contributed by atoms with Gasteiger partial charge < -0.3 is 0 Å². The Kier molecular flexibility index (Phi) is 1.81. The predicted molar refractivity (Wildman–Crippen MR) is 59.6 cm³/mol. The number of carbonyl (C=O) groups excluding carboxylic acids is 1. The van der Waals surface area contributed by atoms with Crippen LogP contribution in [0.4, 0.5) is 0 Å². The maximum Gasteiger partial charge on any atom is 0.198 e. The SMILES string of the molecule is O=C(I)C12CC3CC(CC(C3)C1)C2. The number of halogens is 1. The molecule has 13 heavy (non-hydrogen) atoms. The van der Waals surface area contributed by atoms with E-state index in [4.69, 9.17) is 0 Å². The van der Waals surface area contributed by atoms with Crippen LogP contribution < -0.4 is 0 Å². The van der Waals surface area contributed by atoms with Gasteiger partial charge in [0.2, 0.25) is 0 Å². The highest BCUT2D eigenvalue weighted by Crippen LogP contribution is 2.60. The molecule has 0 radical (unpaired) electrons. The van der Waals surface area contributed by atoms with E-state index in [9.17, 15) is 4.79 Å². The zero-order valence-electron chi connectivity index (χ0n) is 7.76. The topological polar surface area (TPSA) is 17.1 Å². The van der Waals surface area contributed by atoms with E-state index >= 15 is 0 Å². The molecule has 4 bridgehead atoms.